The minimum atomic E-state index is 0.447. The first kappa shape index (κ1) is 25.3. The summed E-state index contributed by atoms with van der Waals surface area (Å²) in [5, 5.41) is 3.95. The number of ether oxygens (including phenoxy) is 1. The Labute approximate surface area is 184 Å². The topological polar surface area (TPSA) is 54.6 Å². The molecule has 0 radical (unpaired) electrons. The fourth-order valence-corrected chi connectivity index (χ4v) is 4.24. The highest BCUT2D eigenvalue weighted by Gasteiger charge is 2.22. The number of aryl methyl sites for hydroxylation is 1. The van der Waals surface area contributed by atoms with Gasteiger partial charge in [0.1, 0.15) is 0 Å². The van der Waals surface area contributed by atoms with Gasteiger partial charge in [0.15, 0.2) is 5.82 Å². The third-order valence-corrected chi connectivity index (χ3v) is 6.51. The van der Waals surface area contributed by atoms with Crippen LogP contribution in [-0.2, 0) is 11.3 Å². The molecular formula is C24H46N4O2. The first-order chi connectivity index (χ1) is 14.4. The smallest absolute Gasteiger partial charge is 0.240 e. The van der Waals surface area contributed by atoms with E-state index >= 15 is 0 Å². The zero-order valence-electron chi connectivity index (χ0n) is 20.4. The van der Waals surface area contributed by atoms with E-state index < -0.39 is 0 Å². The van der Waals surface area contributed by atoms with Crippen molar-refractivity contribution in [1.29, 1.82) is 0 Å². The lowest BCUT2D eigenvalue weighted by atomic mass is 9.97. The van der Waals surface area contributed by atoms with E-state index in [1.807, 2.05) is 6.92 Å². The van der Waals surface area contributed by atoms with E-state index in [9.17, 15) is 0 Å². The SMILES string of the molecule is CCCCN(Cc1nc(C)no1)C(C)CCC(C)CCN(CC1CCCO1)C(C)C. The minimum absolute atomic E-state index is 0.447. The molecule has 2 rings (SSSR count). The normalized spacial score (nSPS) is 19.3. The molecule has 2 heterocycles. The molecule has 0 spiro atoms. The standard InChI is InChI=1S/C24H46N4O2/c1-7-8-14-28(18-24-25-22(6)26-30-24)21(5)12-11-20(4)13-15-27(19(2)3)17-23-10-9-16-29-23/h19-21,23H,7-18H2,1-6H3. The first-order valence-electron chi connectivity index (χ1n) is 12.3. The molecule has 1 aromatic heterocycles. The summed E-state index contributed by atoms with van der Waals surface area (Å²) in [4.78, 5) is 9.54. The second-order valence-electron chi connectivity index (χ2n) is 9.60. The van der Waals surface area contributed by atoms with Gasteiger partial charge in [0.25, 0.3) is 0 Å². The summed E-state index contributed by atoms with van der Waals surface area (Å²) in [6.07, 6.45) is 9.05. The molecule has 1 aliphatic rings. The van der Waals surface area contributed by atoms with Crippen molar-refractivity contribution in [2.75, 3.05) is 26.2 Å². The van der Waals surface area contributed by atoms with Crippen molar-refractivity contribution >= 4 is 0 Å². The lowest BCUT2D eigenvalue weighted by molar-refractivity contribution is 0.0599. The summed E-state index contributed by atoms with van der Waals surface area (Å²) in [5.74, 6) is 2.20. The van der Waals surface area contributed by atoms with E-state index in [-0.39, 0.29) is 0 Å². The largest absolute Gasteiger partial charge is 0.377 e. The molecule has 0 aliphatic carbocycles. The Bertz CT molecular complexity index is 571. The van der Waals surface area contributed by atoms with Gasteiger partial charge in [-0.15, -0.1) is 0 Å². The molecule has 0 aromatic carbocycles. The Balaban J connectivity index is 1.76. The van der Waals surface area contributed by atoms with Crippen LogP contribution in [0.3, 0.4) is 0 Å². The van der Waals surface area contributed by atoms with Gasteiger partial charge in [0.2, 0.25) is 5.89 Å². The van der Waals surface area contributed by atoms with Gasteiger partial charge in [-0.25, -0.2) is 0 Å². The summed E-state index contributed by atoms with van der Waals surface area (Å²) < 4.78 is 11.2. The van der Waals surface area contributed by atoms with Crippen LogP contribution in [0.15, 0.2) is 4.52 Å². The van der Waals surface area contributed by atoms with Crippen LogP contribution in [0.5, 0.6) is 0 Å². The van der Waals surface area contributed by atoms with E-state index in [2.05, 4.69) is 54.6 Å². The van der Waals surface area contributed by atoms with Crippen molar-refractivity contribution in [1.82, 2.24) is 19.9 Å². The summed E-state index contributed by atoms with van der Waals surface area (Å²) in [6.45, 7) is 18.6. The number of hydrogen-bond acceptors (Lipinski definition) is 6. The zero-order valence-corrected chi connectivity index (χ0v) is 20.4. The summed E-state index contributed by atoms with van der Waals surface area (Å²) in [6, 6.07) is 1.11. The van der Waals surface area contributed by atoms with Gasteiger partial charge in [0, 0.05) is 25.2 Å². The second kappa shape index (κ2) is 13.4. The Morgan fingerprint density at radius 1 is 1.07 bits per heavy atom. The van der Waals surface area contributed by atoms with Crippen LogP contribution in [0, 0.1) is 12.8 Å². The molecule has 174 valence electrons. The molecule has 0 saturated carbocycles. The minimum Gasteiger partial charge on any atom is -0.377 e. The average Bonchev–Trinajstić information content (AvgIpc) is 3.37. The molecule has 0 amide bonds. The Hall–Kier alpha value is -0.980. The quantitative estimate of drug-likeness (QED) is 0.393. The van der Waals surface area contributed by atoms with Crippen molar-refractivity contribution in [3.05, 3.63) is 11.7 Å². The Kier molecular flexibility index (Phi) is 11.3. The van der Waals surface area contributed by atoms with E-state index in [1.54, 1.807) is 0 Å². The van der Waals surface area contributed by atoms with Gasteiger partial charge >= 0.3 is 0 Å². The molecule has 6 nitrogen and oxygen atoms in total. The first-order valence-corrected chi connectivity index (χ1v) is 12.3. The highest BCUT2D eigenvalue weighted by molar-refractivity contribution is 4.84. The van der Waals surface area contributed by atoms with Crippen molar-refractivity contribution in [3.8, 4) is 0 Å². The molecule has 0 N–H and O–H groups in total. The van der Waals surface area contributed by atoms with Crippen molar-refractivity contribution in [3.63, 3.8) is 0 Å². The van der Waals surface area contributed by atoms with Gasteiger partial charge in [-0.1, -0.05) is 25.4 Å². The third-order valence-electron chi connectivity index (χ3n) is 6.51. The van der Waals surface area contributed by atoms with Crippen LogP contribution in [-0.4, -0.2) is 64.4 Å². The van der Waals surface area contributed by atoms with E-state index in [0.29, 0.717) is 18.2 Å². The molecule has 3 unspecified atom stereocenters. The van der Waals surface area contributed by atoms with Crippen LogP contribution in [0.25, 0.3) is 0 Å². The molecular weight excluding hydrogens is 376 g/mol. The van der Waals surface area contributed by atoms with Crippen LogP contribution in [0.2, 0.25) is 0 Å². The number of hydrogen-bond donors (Lipinski definition) is 0. The highest BCUT2D eigenvalue weighted by atomic mass is 16.5. The highest BCUT2D eigenvalue weighted by Crippen LogP contribution is 2.20. The zero-order chi connectivity index (χ0) is 21.9. The van der Waals surface area contributed by atoms with Gasteiger partial charge in [0.05, 0.1) is 12.6 Å². The number of aromatic nitrogens is 2. The molecule has 1 aliphatic heterocycles. The lowest BCUT2D eigenvalue weighted by Gasteiger charge is -2.31. The second-order valence-corrected chi connectivity index (χ2v) is 9.60. The molecule has 6 heteroatoms. The predicted molar refractivity (Wildman–Crippen MR) is 123 cm³/mol. The number of nitrogens with zero attached hydrogens (tertiary/aromatic N) is 4. The van der Waals surface area contributed by atoms with Crippen LogP contribution in [0.1, 0.15) is 91.3 Å². The van der Waals surface area contributed by atoms with Gasteiger partial charge < -0.3 is 9.26 Å². The Morgan fingerprint density at radius 3 is 2.47 bits per heavy atom. The van der Waals surface area contributed by atoms with E-state index in [1.165, 1.54) is 51.5 Å². The maximum Gasteiger partial charge on any atom is 0.240 e. The molecule has 3 atom stereocenters. The van der Waals surface area contributed by atoms with Gasteiger partial charge in [-0.3, -0.25) is 9.80 Å². The average molecular weight is 423 g/mol. The summed E-state index contributed by atoms with van der Waals surface area (Å²) in [7, 11) is 0. The fraction of sp³-hybridized carbons (Fsp3) is 0.917. The van der Waals surface area contributed by atoms with E-state index in [0.717, 1.165) is 43.9 Å². The number of unbranched alkanes of at least 4 members (excludes halogenated alkanes) is 1. The van der Waals surface area contributed by atoms with Crippen molar-refractivity contribution in [2.45, 2.75) is 111 Å². The van der Waals surface area contributed by atoms with Crippen LogP contribution < -0.4 is 0 Å². The van der Waals surface area contributed by atoms with Gasteiger partial charge in [-0.05, 0) is 85.2 Å². The van der Waals surface area contributed by atoms with E-state index in [4.69, 9.17) is 9.26 Å². The van der Waals surface area contributed by atoms with Crippen molar-refractivity contribution < 1.29 is 9.26 Å². The van der Waals surface area contributed by atoms with Crippen molar-refractivity contribution in [2.24, 2.45) is 5.92 Å². The molecule has 1 aromatic rings. The maximum atomic E-state index is 5.86. The van der Waals surface area contributed by atoms with Crippen LogP contribution >= 0.6 is 0 Å². The molecule has 1 fully saturated rings. The van der Waals surface area contributed by atoms with Crippen LogP contribution in [0.4, 0.5) is 0 Å². The molecule has 0 bridgehead atoms. The predicted octanol–water partition coefficient (Wildman–Crippen LogP) is 5.06. The molecule has 30 heavy (non-hydrogen) atoms. The summed E-state index contributed by atoms with van der Waals surface area (Å²) in [5.41, 5.74) is 0. The Morgan fingerprint density at radius 2 is 1.87 bits per heavy atom. The number of rotatable bonds is 15. The third kappa shape index (κ3) is 9.03. The summed E-state index contributed by atoms with van der Waals surface area (Å²) >= 11 is 0. The maximum absolute atomic E-state index is 5.86. The lowest BCUT2D eigenvalue weighted by Crippen LogP contribution is -2.38. The van der Waals surface area contributed by atoms with Gasteiger partial charge in [-0.2, -0.15) is 4.98 Å². The molecule has 1 saturated heterocycles. The monoisotopic (exact) mass is 422 g/mol. The fourth-order valence-electron chi connectivity index (χ4n) is 4.24.